The van der Waals surface area contributed by atoms with Crippen LogP contribution in [0.4, 0.5) is 5.82 Å². The molecule has 9 atom stereocenters. The Labute approximate surface area is 301 Å². The van der Waals surface area contributed by atoms with E-state index < -0.39 is 67.7 Å². The fourth-order valence-corrected chi connectivity index (χ4v) is 5.83. The molecule has 2 aliphatic rings. The number of aliphatic hydroxyl groups excluding tert-OH is 3. The summed E-state index contributed by atoms with van der Waals surface area (Å²) >= 11 is 0. The lowest BCUT2D eigenvalue weighted by atomic mass is 9.97. The lowest BCUT2D eigenvalue weighted by molar-refractivity contribution is -0.270. The van der Waals surface area contributed by atoms with Gasteiger partial charge in [-0.05, 0) is 26.7 Å². The largest absolute Gasteiger partial charge is 0.394 e. The predicted molar refractivity (Wildman–Crippen MR) is 180 cm³/mol. The number of amides is 2. The van der Waals surface area contributed by atoms with Crippen molar-refractivity contribution >= 4 is 28.8 Å². The Morgan fingerprint density at radius 2 is 1.79 bits per heavy atom. The molecule has 0 unspecified atom stereocenters. The minimum absolute atomic E-state index is 0.00499. The van der Waals surface area contributed by atoms with Crippen LogP contribution >= 0.6 is 0 Å². The van der Waals surface area contributed by atoms with Crippen molar-refractivity contribution in [3.63, 3.8) is 0 Å². The first kappa shape index (κ1) is 41.6. The van der Waals surface area contributed by atoms with Crippen molar-refractivity contribution in [1.82, 2.24) is 30.2 Å². The third-order valence-corrected chi connectivity index (χ3v) is 8.43. The number of imidazole rings is 1. The van der Waals surface area contributed by atoms with Gasteiger partial charge in [0.25, 0.3) is 0 Å². The van der Waals surface area contributed by atoms with E-state index in [2.05, 4.69) is 25.6 Å². The molecule has 0 saturated carbocycles. The van der Waals surface area contributed by atoms with Gasteiger partial charge in [-0.2, -0.15) is 0 Å². The molecular formula is C32H53N7O13. The quantitative estimate of drug-likeness (QED) is 0.0584. The molecule has 0 aromatic carbocycles. The van der Waals surface area contributed by atoms with Crippen LogP contribution in [0.2, 0.25) is 0 Å². The number of fused-ring (bicyclic) bond motifs is 1. The summed E-state index contributed by atoms with van der Waals surface area (Å²) in [6.45, 7) is 6.10. The van der Waals surface area contributed by atoms with Crippen molar-refractivity contribution in [3.05, 3.63) is 12.7 Å². The summed E-state index contributed by atoms with van der Waals surface area (Å²) in [5, 5.41) is 35.1. The molecule has 20 heteroatoms. The first-order chi connectivity index (χ1) is 25.0. The van der Waals surface area contributed by atoms with Crippen LogP contribution in [0.25, 0.3) is 11.2 Å². The Kier molecular flexibility index (Phi) is 16.7. The fourth-order valence-electron chi connectivity index (χ4n) is 5.83. The molecule has 0 radical (unpaired) electrons. The zero-order valence-electron chi connectivity index (χ0n) is 30.0. The highest BCUT2D eigenvalue weighted by Gasteiger charge is 2.48. The van der Waals surface area contributed by atoms with Crippen LogP contribution in [-0.2, 0) is 47.5 Å². The van der Waals surface area contributed by atoms with Crippen LogP contribution in [0.3, 0.4) is 0 Å². The van der Waals surface area contributed by atoms with E-state index >= 15 is 0 Å². The minimum Gasteiger partial charge on any atom is -0.394 e. The molecule has 294 valence electrons. The van der Waals surface area contributed by atoms with Gasteiger partial charge in [0.15, 0.2) is 24.0 Å². The molecule has 0 spiro atoms. The maximum Gasteiger partial charge on any atom is 0.220 e. The van der Waals surface area contributed by atoms with Gasteiger partial charge in [0.1, 0.15) is 61.3 Å². The van der Waals surface area contributed by atoms with Crippen molar-refractivity contribution in [1.29, 1.82) is 0 Å². The van der Waals surface area contributed by atoms with Crippen molar-refractivity contribution in [2.45, 2.75) is 101 Å². The van der Waals surface area contributed by atoms with E-state index in [1.165, 1.54) is 13.3 Å². The summed E-state index contributed by atoms with van der Waals surface area (Å²) in [6, 6.07) is -1.01. The number of anilines is 1. The molecule has 2 aromatic heterocycles. The molecule has 52 heavy (non-hydrogen) atoms. The number of aliphatic hydroxyl groups is 3. The molecule has 20 nitrogen and oxygen atoms in total. The maximum atomic E-state index is 12.2. The van der Waals surface area contributed by atoms with E-state index in [1.54, 1.807) is 18.0 Å². The average molecular weight is 744 g/mol. The standard InChI is InChI=1S/C32H53N7O13/c1-18(2)49-14-21-27(45-4)28(31(51-21)39-16-37-24-29(33)35-15-36-30(24)39)50-17-47-12-11-46-10-8-34-22(42)7-5-6-9-48-32-23(38-19(3)41)26(44)25(43)20(13-40)52-32/h15-16,18,20-21,23,25-28,31-32,40,43-44H,5-14,17H2,1-4H3,(H,34,42)(H,38,41)(H2,33,35,36)/t20-,21-,23-,25+,26-,27-,28-,31-,32-/m1/s1. The van der Waals surface area contributed by atoms with Crippen LogP contribution in [0.5, 0.6) is 0 Å². The first-order valence-corrected chi connectivity index (χ1v) is 17.3. The first-order valence-electron chi connectivity index (χ1n) is 17.3. The highest BCUT2D eigenvalue weighted by Crippen LogP contribution is 2.35. The van der Waals surface area contributed by atoms with E-state index in [9.17, 15) is 24.9 Å². The average Bonchev–Trinajstić information content (AvgIpc) is 3.70. The Balaban J connectivity index is 1.10. The van der Waals surface area contributed by atoms with Crippen LogP contribution in [0.15, 0.2) is 12.7 Å². The summed E-state index contributed by atoms with van der Waals surface area (Å²) in [5.74, 6) is -0.344. The normalized spacial score (nSPS) is 27.7. The van der Waals surface area contributed by atoms with Gasteiger partial charge in [0, 0.05) is 33.6 Å². The Bertz CT molecular complexity index is 1390. The highest BCUT2D eigenvalue weighted by molar-refractivity contribution is 5.81. The number of nitrogen functional groups attached to an aromatic ring is 1. The van der Waals surface area contributed by atoms with Gasteiger partial charge < -0.3 is 69.6 Å². The molecule has 4 rings (SSSR count). The second-order valence-corrected chi connectivity index (χ2v) is 12.6. The molecular weight excluding hydrogens is 690 g/mol. The number of aromatic nitrogens is 4. The van der Waals surface area contributed by atoms with Gasteiger partial charge in [0.2, 0.25) is 11.8 Å². The van der Waals surface area contributed by atoms with Crippen molar-refractivity contribution in [3.8, 4) is 0 Å². The molecule has 4 heterocycles. The third-order valence-electron chi connectivity index (χ3n) is 8.43. The number of carbonyl (C=O) groups excluding carboxylic acids is 2. The topological polar surface area (TPSA) is 262 Å². The molecule has 2 fully saturated rings. The monoisotopic (exact) mass is 743 g/mol. The van der Waals surface area contributed by atoms with E-state index in [0.717, 1.165) is 0 Å². The number of methoxy groups -OCH3 is 1. The smallest absolute Gasteiger partial charge is 0.220 e. The van der Waals surface area contributed by atoms with Crippen molar-refractivity contribution in [2.24, 2.45) is 0 Å². The van der Waals surface area contributed by atoms with Gasteiger partial charge in [-0.1, -0.05) is 0 Å². The van der Waals surface area contributed by atoms with E-state index in [0.29, 0.717) is 30.6 Å². The summed E-state index contributed by atoms with van der Waals surface area (Å²) in [7, 11) is 1.58. The Morgan fingerprint density at radius 3 is 2.52 bits per heavy atom. The number of carbonyl (C=O) groups is 2. The fraction of sp³-hybridized carbons (Fsp3) is 0.781. The maximum absolute atomic E-state index is 12.2. The number of unbranched alkanes of at least 4 members (excludes halogenated alkanes) is 1. The number of nitrogens with zero attached hydrogens (tertiary/aromatic N) is 4. The second-order valence-electron chi connectivity index (χ2n) is 12.6. The molecule has 2 saturated heterocycles. The number of rotatable bonds is 22. The molecule has 0 bridgehead atoms. The SMILES string of the molecule is CO[C@H]1[C@@H](OCOCCOCCNC(=O)CCCCO[C@@H]2O[C@H](CO)[C@H](O)[C@H](O)[C@H]2NC(C)=O)[C@H](n2cnc3c(N)ncnc32)O[C@@H]1COC(C)C. The van der Waals surface area contributed by atoms with Crippen molar-refractivity contribution in [2.75, 3.05) is 65.8 Å². The molecule has 0 aliphatic carbocycles. The predicted octanol–water partition coefficient (Wildman–Crippen LogP) is -1.63. The summed E-state index contributed by atoms with van der Waals surface area (Å²) in [5.41, 5.74) is 6.92. The Hall–Kier alpha value is -3.15. The second kappa shape index (κ2) is 20.9. The van der Waals surface area contributed by atoms with Crippen LogP contribution in [-0.4, -0.2) is 162 Å². The van der Waals surface area contributed by atoms with Gasteiger partial charge in [-0.25, -0.2) is 15.0 Å². The molecule has 2 aromatic rings. The van der Waals surface area contributed by atoms with Gasteiger partial charge >= 0.3 is 0 Å². The highest BCUT2D eigenvalue weighted by atomic mass is 16.7. The van der Waals surface area contributed by atoms with Crippen LogP contribution < -0.4 is 16.4 Å². The van der Waals surface area contributed by atoms with Gasteiger partial charge in [-0.3, -0.25) is 14.2 Å². The van der Waals surface area contributed by atoms with E-state index in [-0.39, 0.29) is 64.1 Å². The number of ether oxygens (including phenoxy) is 8. The number of nitrogens with one attached hydrogen (secondary N) is 2. The summed E-state index contributed by atoms with van der Waals surface area (Å²) < 4.78 is 48.2. The van der Waals surface area contributed by atoms with Crippen LogP contribution in [0.1, 0.15) is 46.3 Å². The summed E-state index contributed by atoms with van der Waals surface area (Å²) in [6.07, 6.45) is -2.88. The minimum atomic E-state index is -1.39. The van der Waals surface area contributed by atoms with Gasteiger partial charge in [0.05, 0.1) is 45.5 Å². The zero-order chi connectivity index (χ0) is 37.6. The summed E-state index contributed by atoms with van der Waals surface area (Å²) in [4.78, 5) is 36.5. The molecule has 7 N–H and O–H groups in total. The Morgan fingerprint density at radius 1 is 1.00 bits per heavy atom. The number of hydrogen-bond acceptors (Lipinski definition) is 17. The third kappa shape index (κ3) is 11.4. The van der Waals surface area contributed by atoms with E-state index in [4.69, 9.17) is 43.6 Å². The van der Waals surface area contributed by atoms with Crippen molar-refractivity contribution < 1.29 is 62.8 Å². The number of hydrogen-bond donors (Lipinski definition) is 6. The molecule has 2 aliphatic heterocycles. The lowest BCUT2D eigenvalue weighted by Gasteiger charge is -2.42. The lowest BCUT2D eigenvalue weighted by Crippen LogP contribution is -2.64. The molecule has 2 amide bonds. The van der Waals surface area contributed by atoms with Gasteiger partial charge in [-0.15, -0.1) is 0 Å². The van der Waals surface area contributed by atoms with Crippen LogP contribution in [0, 0.1) is 0 Å². The number of nitrogens with two attached hydrogens (primary N) is 1. The zero-order valence-corrected chi connectivity index (χ0v) is 30.0. The van der Waals surface area contributed by atoms with E-state index in [1.807, 2.05) is 13.8 Å².